The van der Waals surface area contributed by atoms with Crippen LogP contribution in [0.15, 0.2) is 23.1 Å². The second-order valence-corrected chi connectivity index (χ2v) is 6.84. The van der Waals surface area contributed by atoms with E-state index < -0.39 is 27.8 Å². The van der Waals surface area contributed by atoms with Crippen molar-refractivity contribution >= 4 is 10.0 Å². The first kappa shape index (κ1) is 17.9. The Kier molecular flexibility index (Phi) is 5.40. The first-order valence-corrected chi connectivity index (χ1v) is 7.88. The minimum atomic E-state index is -4.59. The summed E-state index contributed by atoms with van der Waals surface area (Å²) in [4.78, 5) is -0.367. The summed E-state index contributed by atoms with van der Waals surface area (Å²) in [5, 5.41) is 0. The second kappa shape index (κ2) is 6.33. The Bertz CT molecular complexity index is 598. The monoisotopic (exact) mass is 324 g/mol. The van der Waals surface area contributed by atoms with Crippen molar-refractivity contribution in [3.8, 4) is 0 Å². The van der Waals surface area contributed by atoms with Crippen molar-refractivity contribution in [2.75, 3.05) is 0 Å². The van der Waals surface area contributed by atoms with Crippen LogP contribution in [0.2, 0.25) is 0 Å². The van der Waals surface area contributed by atoms with Crippen LogP contribution in [0.3, 0.4) is 0 Å². The van der Waals surface area contributed by atoms with E-state index in [0.717, 1.165) is 25.1 Å². The number of rotatable bonds is 5. The Morgan fingerprint density at radius 3 is 2.33 bits per heavy atom. The maximum Gasteiger partial charge on any atom is 0.416 e. The van der Waals surface area contributed by atoms with Gasteiger partial charge >= 0.3 is 6.18 Å². The molecular weight excluding hydrogens is 305 g/mol. The topological polar surface area (TPSA) is 72.2 Å². The minimum absolute atomic E-state index is 0.217. The molecule has 2 unspecified atom stereocenters. The standard InChI is InChI=1S/C13H19F3N2O2S/c1-8(17)7-9(2)18-21(19,20)12-6-4-5-11(10(12)3)13(14,15)16/h4-6,8-9,18H,7,17H2,1-3H3. The molecule has 0 amide bonds. The molecule has 0 radical (unpaired) electrons. The number of hydrogen-bond donors (Lipinski definition) is 2. The molecule has 2 atom stereocenters. The van der Waals surface area contributed by atoms with Gasteiger partial charge in [-0.25, -0.2) is 13.1 Å². The van der Waals surface area contributed by atoms with Crippen molar-refractivity contribution < 1.29 is 21.6 Å². The Morgan fingerprint density at radius 1 is 1.29 bits per heavy atom. The number of alkyl halides is 3. The molecule has 0 aliphatic heterocycles. The molecule has 0 aromatic heterocycles. The third kappa shape index (κ3) is 4.69. The van der Waals surface area contributed by atoms with Crippen LogP contribution >= 0.6 is 0 Å². The predicted molar refractivity (Wildman–Crippen MR) is 74.2 cm³/mol. The van der Waals surface area contributed by atoms with Gasteiger partial charge in [0, 0.05) is 12.1 Å². The largest absolute Gasteiger partial charge is 0.416 e. The molecule has 0 saturated heterocycles. The SMILES string of the molecule is Cc1c(C(F)(F)F)cccc1S(=O)(=O)NC(C)CC(C)N. The van der Waals surface area contributed by atoms with Crippen molar-refractivity contribution in [3.05, 3.63) is 29.3 Å². The number of benzene rings is 1. The second-order valence-electron chi connectivity index (χ2n) is 5.16. The van der Waals surface area contributed by atoms with E-state index in [1.807, 2.05) is 0 Å². The van der Waals surface area contributed by atoms with Crippen LogP contribution in [0.1, 0.15) is 31.4 Å². The summed E-state index contributed by atoms with van der Waals surface area (Å²) in [6.45, 7) is 4.48. The van der Waals surface area contributed by atoms with Crippen LogP contribution in [0, 0.1) is 6.92 Å². The number of nitrogens with two attached hydrogens (primary N) is 1. The number of hydrogen-bond acceptors (Lipinski definition) is 3. The Labute approximate surface area is 122 Å². The molecule has 1 aromatic rings. The molecule has 120 valence electrons. The highest BCUT2D eigenvalue weighted by Gasteiger charge is 2.34. The Balaban J connectivity index is 3.16. The molecule has 1 aromatic carbocycles. The quantitative estimate of drug-likeness (QED) is 0.874. The van der Waals surface area contributed by atoms with E-state index >= 15 is 0 Å². The molecule has 21 heavy (non-hydrogen) atoms. The van der Waals surface area contributed by atoms with Crippen LogP contribution in [-0.2, 0) is 16.2 Å². The lowest BCUT2D eigenvalue weighted by atomic mass is 10.1. The van der Waals surface area contributed by atoms with E-state index in [2.05, 4.69) is 4.72 Å². The van der Waals surface area contributed by atoms with E-state index in [0.29, 0.717) is 6.42 Å². The van der Waals surface area contributed by atoms with E-state index in [9.17, 15) is 21.6 Å². The fourth-order valence-corrected chi connectivity index (χ4v) is 3.67. The molecule has 0 fully saturated rings. The fourth-order valence-electron chi connectivity index (χ4n) is 2.15. The lowest BCUT2D eigenvalue weighted by Gasteiger charge is -2.18. The summed E-state index contributed by atoms with van der Waals surface area (Å²) in [7, 11) is -4.02. The minimum Gasteiger partial charge on any atom is -0.328 e. The molecule has 0 heterocycles. The van der Waals surface area contributed by atoms with Crippen LogP contribution < -0.4 is 10.5 Å². The van der Waals surface area contributed by atoms with Crippen LogP contribution in [-0.4, -0.2) is 20.5 Å². The maximum absolute atomic E-state index is 12.8. The van der Waals surface area contributed by atoms with Gasteiger partial charge in [-0.3, -0.25) is 0 Å². The molecule has 0 bridgehead atoms. The average Bonchev–Trinajstić information content (AvgIpc) is 2.24. The highest BCUT2D eigenvalue weighted by Crippen LogP contribution is 2.34. The molecule has 8 heteroatoms. The lowest BCUT2D eigenvalue weighted by molar-refractivity contribution is -0.138. The molecule has 1 rings (SSSR count). The Hall–Kier alpha value is -1.12. The van der Waals surface area contributed by atoms with Crippen molar-refractivity contribution in [2.24, 2.45) is 5.73 Å². The molecule has 0 spiro atoms. The molecular formula is C13H19F3N2O2S. The molecule has 0 saturated carbocycles. The zero-order chi connectivity index (χ0) is 16.4. The highest BCUT2D eigenvalue weighted by molar-refractivity contribution is 7.89. The predicted octanol–water partition coefficient (Wildman–Crippen LogP) is 2.42. The Morgan fingerprint density at radius 2 is 1.86 bits per heavy atom. The van der Waals surface area contributed by atoms with Gasteiger partial charge in [-0.1, -0.05) is 6.07 Å². The van der Waals surface area contributed by atoms with Crippen LogP contribution in [0.4, 0.5) is 13.2 Å². The molecule has 3 N–H and O–H groups in total. The number of halogens is 3. The van der Waals surface area contributed by atoms with Crippen LogP contribution in [0.5, 0.6) is 0 Å². The zero-order valence-corrected chi connectivity index (χ0v) is 12.8. The van der Waals surface area contributed by atoms with Crippen molar-refractivity contribution in [3.63, 3.8) is 0 Å². The number of nitrogens with one attached hydrogen (secondary N) is 1. The third-order valence-electron chi connectivity index (χ3n) is 2.96. The van der Waals surface area contributed by atoms with Gasteiger partial charge < -0.3 is 5.73 Å². The van der Waals surface area contributed by atoms with Crippen molar-refractivity contribution in [2.45, 2.75) is 50.3 Å². The zero-order valence-electron chi connectivity index (χ0n) is 12.0. The summed E-state index contributed by atoms with van der Waals surface area (Å²) >= 11 is 0. The summed E-state index contributed by atoms with van der Waals surface area (Å²) in [6, 6.07) is 2.42. The first-order valence-electron chi connectivity index (χ1n) is 6.40. The van der Waals surface area contributed by atoms with Gasteiger partial charge in [0.1, 0.15) is 0 Å². The third-order valence-corrected chi connectivity index (χ3v) is 4.69. The van der Waals surface area contributed by atoms with Crippen LogP contribution in [0.25, 0.3) is 0 Å². The van der Waals surface area contributed by atoms with E-state index in [1.165, 1.54) is 0 Å². The van der Waals surface area contributed by atoms with Gasteiger partial charge in [0.05, 0.1) is 10.5 Å². The van der Waals surface area contributed by atoms with E-state index in [1.54, 1.807) is 13.8 Å². The van der Waals surface area contributed by atoms with Gasteiger partial charge in [0.15, 0.2) is 0 Å². The normalized spacial score (nSPS) is 15.8. The molecule has 0 aliphatic carbocycles. The highest BCUT2D eigenvalue weighted by atomic mass is 32.2. The summed E-state index contributed by atoms with van der Waals surface area (Å²) in [5.41, 5.74) is 4.31. The van der Waals surface area contributed by atoms with Gasteiger partial charge in [-0.2, -0.15) is 13.2 Å². The van der Waals surface area contributed by atoms with Crippen molar-refractivity contribution in [1.82, 2.24) is 4.72 Å². The molecule has 0 aliphatic rings. The summed E-state index contributed by atoms with van der Waals surface area (Å²) < 4.78 is 65.2. The molecule has 4 nitrogen and oxygen atoms in total. The van der Waals surface area contributed by atoms with Crippen molar-refractivity contribution in [1.29, 1.82) is 0 Å². The lowest BCUT2D eigenvalue weighted by Crippen LogP contribution is -2.37. The van der Waals surface area contributed by atoms with Gasteiger partial charge in [-0.15, -0.1) is 0 Å². The smallest absolute Gasteiger partial charge is 0.328 e. The van der Waals surface area contributed by atoms with Gasteiger partial charge in [0.2, 0.25) is 10.0 Å². The van der Waals surface area contributed by atoms with E-state index in [-0.39, 0.29) is 16.5 Å². The van der Waals surface area contributed by atoms with Gasteiger partial charge in [0.25, 0.3) is 0 Å². The fraction of sp³-hybridized carbons (Fsp3) is 0.538. The maximum atomic E-state index is 12.8. The average molecular weight is 324 g/mol. The van der Waals surface area contributed by atoms with Gasteiger partial charge in [-0.05, 0) is 44.9 Å². The summed E-state index contributed by atoms with van der Waals surface area (Å²) in [5.74, 6) is 0. The van der Waals surface area contributed by atoms with E-state index in [4.69, 9.17) is 5.73 Å². The number of sulfonamides is 1. The first-order chi connectivity index (χ1) is 9.45. The summed E-state index contributed by atoms with van der Waals surface area (Å²) in [6.07, 6.45) is -4.20.